The van der Waals surface area contributed by atoms with Crippen LogP contribution in [-0.2, 0) is 4.79 Å². The summed E-state index contributed by atoms with van der Waals surface area (Å²) in [5.41, 5.74) is 5.15. The number of carbonyl (C=O) groups is 2. The first kappa shape index (κ1) is 14.0. The topological polar surface area (TPSA) is 96.5 Å². The number of aliphatic hydroxyl groups excluding tert-OH is 1. The molecule has 2 heterocycles. The molecule has 3 N–H and O–H groups in total. The molecule has 8 heteroatoms. The summed E-state index contributed by atoms with van der Waals surface area (Å²) in [5, 5.41) is 9.80. The standard InChI is InChI=1S/C11H11Cl2N3O3/c12-6-1-2-8(13)15-9(6)11(19)16-4-5(17)3-7(16)10(14)18/h1-2,5,7,17H,3-4H2,(H2,14,18). The first-order valence-electron chi connectivity index (χ1n) is 5.50. The lowest BCUT2D eigenvalue weighted by molar-refractivity contribution is -0.121. The number of rotatable bonds is 2. The maximum atomic E-state index is 12.3. The van der Waals surface area contributed by atoms with Crippen molar-refractivity contribution in [1.82, 2.24) is 9.88 Å². The number of nitrogens with zero attached hydrogens (tertiary/aromatic N) is 2. The van der Waals surface area contributed by atoms with E-state index in [2.05, 4.69) is 4.98 Å². The lowest BCUT2D eigenvalue weighted by Gasteiger charge is -2.21. The average molecular weight is 304 g/mol. The molecule has 1 saturated heterocycles. The molecule has 2 unspecified atom stereocenters. The first-order chi connectivity index (χ1) is 8.90. The van der Waals surface area contributed by atoms with E-state index in [4.69, 9.17) is 28.9 Å². The Morgan fingerprint density at radius 2 is 2.11 bits per heavy atom. The molecule has 0 spiro atoms. The number of pyridine rings is 1. The Kier molecular flexibility index (Phi) is 3.93. The second-order valence-electron chi connectivity index (χ2n) is 4.23. The van der Waals surface area contributed by atoms with Gasteiger partial charge in [-0.1, -0.05) is 23.2 Å². The largest absolute Gasteiger partial charge is 0.391 e. The molecule has 1 aliphatic heterocycles. The van der Waals surface area contributed by atoms with Crippen LogP contribution in [0.2, 0.25) is 10.2 Å². The Bertz CT molecular complexity index is 538. The monoisotopic (exact) mass is 303 g/mol. The number of nitrogens with two attached hydrogens (primary N) is 1. The molecule has 102 valence electrons. The van der Waals surface area contributed by atoms with Gasteiger partial charge in [-0.3, -0.25) is 9.59 Å². The zero-order chi connectivity index (χ0) is 14.2. The molecule has 0 radical (unpaired) electrons. The molecule has 2 atom stereocenters. The molecule has 1 aliphatic rings. The van der Waals surface area contributed by atoms with Crippen molar-refractivity contribution in [1.29, 1.82) is 0 Å². The second kappa shape index (κ2) is 5.32. The average Bonchev–Trinajstić information content (AvgIpc) is 2.74. The van der Waals surface area contributed by atoms with Crippen LogP contribution < -0.4 is 5.73 Å². The van der Waals surface area contributed by atoms with E-state index in [0.29, 0.717) is 0 Å². The van der Waals surface area contributed by atoms with Crippen LogP contribution in [0.5, 0.6) is 0 Å². The Labute approximate surface area is 119 Å². The minimum Gasteiger partial charge on any atom is -0.391 e. The third kappa shape index (κ3) is 2.80. The van der Waals surface area contributed by atoms with Crippen molar-refractivity contribution in [3.63, 3.8) is 0 Å². The Balaban J connectivity index is 2.33. The van der Waals surface area contributed by atoms with Crippen LogP contribution in [0.1, 0.15) is 16.9 Å². The van der Waals surface area contributed by atoms with Crippen LogP contribution in [-0.4, -0.2) is 45.5 Å². The Morgan fingerprint density at radius 1 is 1.42 bits per heavy atom. The molecule has 2 amide bonds. The van der Waals surface area contributed by atoms with Gasteiger partial charge in [-0.2, -0.15) is 0 Å². The van der Waals surface area contributed by atoms with E-state index in [-0.39, 0.29) is 28.8 Å². The number of aliphatic hydroxyl groups is 1. The van der Waals surface area contributed by atoms with Crippen molar-refractivity contribution in [2.45, 2.75) is 18.6 Å². The SMILES string of the molecule is NC(=O)C1CC(O)CN1C(=O)c1nc(Cl)ccc1Cl. The fourth-order valence-corrected chi connectivity index (χ4v) is 2.35. The molecule has 19 heavy (non-hydrogen) atoms. The molecule has 0 aromatic carbocycles. The maximum Gasteiger partial charge on any atom is 0.274 e. The van der Waals surface area contributed by atoms with Gasteiger partial charge in [0.05, 0.1) is 11.1 Å². The lowest BCUT2D eigenvalue weighted by Crippen LogP contribution is -2.44. The van der Waals surface area contributed by atoms with Crippen LogP contribution in [0.3, 0.4) is 0 Å². The zero-order valence-corrected chi connectivity index (χ0v) is 11.2. The summed E-state index contributed by atoms with van der Waals surface area (Å²) in [4.78, 5) is 28.6. The van der Waals surface area contributed by atoms with E-state index >= 15 is 0 Å². The first-order valence-corrected chi connectivity index (χ1v) is 6.26. The van der Waals surface area contributed by atoms with Crippen LogP contribution in [0.4, 0.5) is 0 Å². The molecular formula is C11H11Cl2N3O3. The molecule has 2 rings (SSSR count). The highest BCUT2D eigenvalue weighted by atomic mass is 35.5. The number of halogens is 2. The summed E-state index contributed by atoms with van der Waals surface area (Å²) in [6.07, 6.45) is -0.682. The van der Waals surface area contributed by atoms with Crippen molar-refractivity contribution in [2.75, 3.05) is 6.54 Å². The van der Waals surface area contributed by atoms with Crippen LogP contribution in [0, 0.1) is 0 Å². The van der Waals surface area contributed by atoms with Gasteiger partial charge in [0, 0.05) is 13.0 Å². The van der Waals surface area contributed by atoms with Gasteiger partial charge < -0.3 is 15.7 Å². The Hall–Kier alpha value is -1.37. The number of primary amides is 1. The minimum atomic E-state index is -0.862. The number of hydrogen-bond donors (Lipinski definition) is 2. The summed E-state index contributed by atoms with van der Waals surface area (Å²) in [5.74, 6) is -1.25. The van der Waals surface area contributed by atoms with E-state index in [1.165, 1.54) is 12.1 Å². The normalized spacial score (nSPS) is 22.6. The highest BCUT2D eigenvalue weighted by molar-refractivity contribution is 6.34. The Morgan fingerprint density at radius 3 is 2.74 bits per heavy atom. The van der Waals surface area contributed by atoms with E-state index in [0.717, 1.165) is 4.90 Å². The summed E-state index contributed by atoms with van der Waals surface area (Å²) >= 11 is 11.6. The van der Waals surface area contributed by atoms with Crippen molar-refractivity contribution in [3.8, 4) is 0 Å². The van der Waals surface area contributed by atoms with Gasteiger partial charge in [-0.05, 0) is 12.1 Å². The maximum absolute atomic E-state index is 12.3. The van der Waals surface area contributed by atoms with Crippen LogP contribution >= 0.6 is 23.2 Å². The fourth-order valence-electron chi connectivity index (χ4n) is 2.01. The molecule has 0 saturated carbocycles. The molecule has 1 aromatic heterocycles. The highest BCUT2D eigenvalue weighted by Crippen LogP contribution is 2.24. The number of hydrogen-bond acceptors (Lipinski definition) is 4. The fraction of sp³-hybridized carbons (Fsp3) is 0.364. The van der Waals surface area contributed by atoms with E-state index in [1.54, 1.807) is 0 Å². The smallest absolute Gasteiger partial charge is 0.274 e. The molecular weight excluding hydrogens is 293 g/mol. The summed E-state index contributed by atoms with van der Waals surface area (Å²) in [6, 6.07) is 2.03. The molecule has 0 bridgehead atoms. The quantitative estimate of drug-likeness (QED) is 0.775. The number of likely N-dealkylation sites (tertiary alicyclic amines) is 1. The van der Waals surface area contributed by atoms with Crippen molar-refractivity contribution in [3.05, 3.63) is 28.0 Å². The van der Waals surface area contributed by atoms with Gasteiger partial charge in [0.2, 0.25) is 5.91 Å². The molecule has 6 nitrogen and oxygen atoms in total. The van der Waals surface area contributed by atoms with Crippen LogP contribution in [0.25, 0.3) is 0 Å². The third-order valence-electron chi connectivity index (χ3n) is 2.88. The highest BCUT2D eigenvalue weighted by Gasteiger charge is 2.39. The second-order valence-corrected chi connectivity index (χ2v) is 5.02. The van der Waals surface area contributed by atoms with Crippen molar-refractivity contribution in [2.24, 2.45) is 5.73 Å². The van der Waals surface area contributed by atoms with Gasteiger partial charge in [-0.15, -0.1) is 0 Å². The number of aromatic nitrogens is 1. The third-order valence-corrected chi connectivity index (χ3v) is 3.40. The predicted molar refractivity (Wildman–Crippen MR) is 68.9 cm³/mol. The van der Waals surface area contributed by atoms with Gasteiger partial charge in [0.15, 0.2) is 0 Å². The molecule has 1 fully saturated rings. The minimum absolute atomic E-state index is 0.0109. The van der Waals surface area contributed by atoms with E-state index in [1.807, 2.05) is 0 Å². The molecule has 0 aliphatic carbocycles. The van der Waals surface area contributed by atoms with Gasteiger partial charge in [-0.25, -0.2) is 4.98 Å². The lowest BCUT2D eigenvalue weighted by atomic mass is 10.2. The van der Waals surface area contributed by atoms with Crippen molar-refractivity contribution < 1.29 is 14.7 Å². The van der Waals surface area contributed by atoms with Gasteiger partial charge in [0.25, 0.3) is 5.91 Å². The number of β-amino-alcohol motifs (C(OH)–C–C–N with tert-alkyl or cyclic N) is 1. The summed E-state index contributed by atoms with van der Waals surface area (Å²) in [6.45, 7) is 0.0109. The predicted octanol–water partition coefficient (Wildman–Crippen LogP) is 0.449. The zero-order valence-electron chi connectivity index (χ0n) is 9.72. The van der Waals surface area contributed by atoms with Crippen LogP contribution in [0.15, 0.2) is 12.1 Å². The van der Waals surface area contributed by atoms with Crippen molar-refractivity contribution >= 4 is 35.0 Å². The molecule has 1 aromatic rings. The van der Waals surface area contributed by atoms with Gasteiger partial charge >= 0.3 is 0 Å². The van der Waals surface area contributed by atoms with E-state index in [9.17, 15) is 14.7 Å². The number of amides is 2. The number of carbonyl (C=O) groups excluding carboxylic acids is 2. The summed E-state index contributed by atoms with van der Waals surface area (Å²) < 4.78 is 0. The van der Waals surface area contributed by atoms with E-state index < -0.39 is 24.0 Å². The summed E-state index contributed by atoms with van der Waals surface area (Å²) in [7, 11) is 0. The van der Waals surface area contributed by atoms with Gasteiger partial charge in [0.1, 0.15) is 16.9 Å².